The molecule has 0 saturated carbocycles. The minimum atomic E-state index is 0.0988. The second-order valence-electron chi connectivity index (χ2n) is 5.26. The van der Waals surface area contributed by atoms with Crippen LogP contribution in [0.25, 0.3) is 10.9 Å². The van der Waals surface area contributed by atoms with Gasteiger partial charge in [0, 0.05) is 18.1 Å². The average Bonchev–Trinajstić information content (AvgIpc) is 2.50. The second kappa shape index (κ2) is 5.48. The fraction of sp³-hybridized carbons (Fsp3) is 0.375. The molecule has 4 nitrogen and oxygen atoms in total. The summed E-state index contributed by atoms with van der Waals surface area (Å²) in [6.07, 6.45) is 2.79. The fourth-order valence-electron chi connectivity index (χ4n) is 2.59. The Morgan fingerprint density at radius 3 is 3.05 bits per heavy atom. The fourth-order valence-corrected chi connectivity index (χ4v) is 2.59. The van der Waals surface area contributed by atoms with Gasteiger partial charge in [0.15, 0.2) is 0 Å². The Morgan fingerprint density at radius 2 is 2.25 bits per heavy atom. The van der Waals surface area contributed by atoms with Crippen molar-refractivity contribution in [3.8, 4) is 11.8 Å². The number of aromatic nitrogens is 1. The van der Waals surface area contributed by atoms with Crippen LogP contribution in [0, 0.1) is 17.2 Å². The van der Waals surface area contributed by atoms with Crippen LogP contribution in [0.3, 0.4) is 0 Å². The van der Waals surface area contributed by atoms with Crippen molar-refractivity contribution >= 4 is 10.9 Å². The number of pyridine rings is 1. The zero-order valence-corrected chi connectivity index (χ0v) is 11.5. The molecule has 2 unspecified atom stereocenters. The van der Waals surface area contributed by atoms with Gasteiger partial charge >= 0.3 is 0 Å². The zero-order valence-electron chi connectivity index (χ0n) is 11.5. The van der Waals surface area contributed by atoms with E-state index in [2.05, 4.69) is 23.3 Å². The van der Waals surface area contributed by atoms with E-state index in [9.17, 15) is 5.26 Å². The summed E-state index contributed by atoms with van der Waals surface area (Å²) in [5.41, 5.74) is 1.36. The van der Waals surface area contributed by atoms with E-state index in [4.69, 9.17) is 4.74 Å². The highest BCUT2D eigenvalue weighted by Crippen LogP contribution is 2.30. The van der Waals surface area contributed by atoms with Gasteiger partial charge in [0.2, 0.25) is 0 Å². The largest absolute Gasteiger partial charge is 0.487 e. The van der Waals surface area contributed by atoms with Gasteiger partial charge in [-0.05, 0) is 31.0 Å². The van der Waals surface area contributed by atoms with Crippen LogP contribution < -0.4 is 10.1 Å². The number of para-hydroxylation sites is 1. The minimum Gasteiger partial charge on any atom is -0.487 e. The van der Waals surface area contributed by atoms with E-state index in [-0.39, 0.29) is 6.10 Å². The van der Waals surface area contributed by atoms with Crippen LogP contribution >= 0.6 is 0 Å². The van der Waals surface area contributed by atoms with Crippen molar-refractivity contribution in [2.75, 3.05) is 13.1 Å². The van der Waals surface area contributed by atoms with Crippen molar-refractivity contribution < 1.29 is 4.74 Å². The minimum absolute atomic E-state index is 0.0988. The highest BCUT2D eigenvalue weighted by atomic mass is 16.5. The number of hydrogen-bond donors (Lipinski definition) is 1. The van der Waals surface area contributed by atoms with Crippen molar-refractivity contribution in [2.24, 2.45) is 5.92 Å². The van der Waals surface area contributed by atoms with Crippen molar-refractivity contribution in [3.63, 3.8) is 0 Å². The molecule has 1 saturated heterocycles. The number of hydrogen-bond acceptors (Lipinski definition) is 4. The van der Waals surface area contributed by atoms with Crippen molar-refractivity contribution in [1.29, 1.82) is 5.26 Å². The topological polar surface area (TPSA) is 57.9 Å². The first-order valence-electron chi connectivity index (χ1n) is 6.95. The number of piperidine rings is 1. The summed E-state index contributed by atoms with van der Waals surface area (Å²) in [7, 11) is 0. The normalized spacial score (nSPS) is 22.4. The highest BCUT2D eigenvalue weighted by molar-refractivity contribution is 5.87. The Morgan fingerprint density at radius 1 is 1.40 bits per heavy atom. The molecule has 0 aliphatic carbocycles. The third kappa shape index (κ3) is 2.33. The number of ether oxygens (including phenoxy) is 1. The predicted molar refractivity (Wildman–Crippen MR) is 77.5 cm³/mol. The summed E-state index contributed by atoms with van der Waals surface area (Å²) in [6.45, 7) is 4.05. The Kier molecular flexibility index (Phi) is 3.53. The van der Waals surface area contributed by atoms with Gasteiger partial charge in [-0.3, -0.25) is 4.98 Å². The van der Waals surface area contributed by atoms with E-state index in [1.54, 1.807) is 6.20 Å². The van der Waals surface area contributed by atoms with Crippen LogP contribution in [0.2, 0.25) is 0 Å². The monoisotopic (exact) mass is 267 g/mol. The summed E-state index contributed by atoms with van der Waals surface area (Å²) in [4.78, 5) is 4.31. The summed E-state index contributed by atoms with van der Waals surface area (Å²) < 4.78 is 6.18. The van der Waals surface area contributed by atoms with E-state index in [0.717, 1.165) is 30.4 Å². The van der Waals surface area contributed by atoms with Gasteiger partial charge in [-0.15, -0.1) is 0 Å². The first-order chi connectivity index (χ1) is 9.79. The quantitative estimate of drug-likeness (QED) is 0.908. The van der Waals surface area contributed by atoms with Crippen molar-refractivity contribution in [3.05, 3.63) is 36.0 Å². The lowest BCUT2D eigenvalue weighted by Crippen LogP contribution is -2.43. The molecule has 1 aliphatic rings. The van der Waals surface area contributed by atoms with E-state index in [1.807, 2.05) is 24.3 Å². The summed E-state index contributed by atoms with van der Waals surface area (Å²) in [5, 5.41) is 13.5. The lowest BCUT2D eigenvalue weighted by atomic mass is 9.97. The van der Waals surface area contributed by atoms with Gasteiger partial charge in [-0.1, -0.05) is 19.1 Å². The molecule has 20 heavy (non-hydrogen) atoms. The van der Waals surface area contributed by atoms with Gasteiger partial charge < -0.3 is 10.1 Å². The van der Waals surface area contributed by atoms with Gasteiger partial charge in [0.05, 0.1) is 5.52 Å². The number of nitriles is 1. The maximum Gasteiger partial charge on any atom is 0.148 e. The molecule has 0 amide bonds. The average molecular weight is 267 g/mol. The van der Waals surface area contributed by atoms with Gasteiger partial charge in [0.1, 0.15) is 23.5 Å². The summed E-state index contributed by atoms with van der Waals surface area (Å²) >= 11 is 0. The molecule has 4 heteroatoms. The van der Waals surface area contributed by atoms with E-state index in [1.165, 1.54) is 0 Å². The van der Waals surface area contributed by atoms with Crippen LogP contribution in [0.15, 0.2) is 30.5 Å². The Hall–Kier alpha value is -2.12. The summed E-state index contributed by atoms with van der Waals surface area (Å²) in [5.74, 6) is 1.15. The van der Waals surface area contributed by atoms with Crippen molar-refractivity contribution in [2.45, 2.75) is 19.4 Å². The standard InChI is InChI=1S/C16H17N3O/c1-11-6-7-18-10-15(11)20-16-12(8-17)9-19-14-5-3-2-4-13(14)16/h2-5,9,11,15,18H,6-7,10H2,1H3. The molecule has 0 bridgehead atoms. The molecule has 2 heterocycles. The molecule has 2 atom stereocenters. The third-order valence-electron chi connectivity index (χ3n) is 3.87. The number of benzene rings is 1. The SMILES string of the molecule is CC1CCNCC1Oc1c(C#N)cnc2ccccc12. The van der Waals surface area contributed by atoms with E-state index < -0.39 is 0 Å². The van der Waals surface area contributed by atoms with E-state index in [0.29, 0.717) is 17.2 Å². The van der Waals surface area contributed by atoms with E-state index >= 15 is 0 Å². The predicted octanol–water partition coefficient (Wildman–Crippen LogP) is 2.48. The lowest BCUT2D eigenvalue weighted by molar-refractivity contribution is 0.116. The van der Waals surface area contributed by atoms with Crippen LogP contribution in [0.1, 0.15) is 18.9 Å². The molecule has 1 fully saturated rings. The number of nitrogens with zero attached hydrogens (tertiary/aromatic N) is 2. The van der Waals surface area contributed by atoms with Gasteiger partial charge in [0.25, 0.3) is 0 Å². The van der Waals surface area contributed by atoms with Crippen molar-refractivity contribution in [1.82, 2.24) is 10.3 Å². The maximum absolute atomic E-state index is 9.29. The smallest absolute Gasteiger partial charge is 0.148 e. The molecule has 1 N–H and O–H groups in total. The third-order valence-corrected chi connectivity index (χ3v) is 3.87. The number of fused-ring (bicyclic) bond motifs is 1. The zero-order chi connectivity index (χ0) is 13.9. The van der Waals surface area contributed by atoms with Crippen LogP contribution in [0.4, 0.5) is 0 Å². The van der Waals surface area contributed by atoms with Gasteiger partial charge in [-0.25, -0.2) is 0 Å². The molecule has 0 radical (unpaired) electrons. The lowest BCUT2D eigenvalue weighted by Gasteiger charge is -2.30. The molecule has 1 aromatic carbocycles. The molecular weight excluding hydrogens is 250 g/mol. The highest BCUT2D eigenvalue weighted by Gasteiger charge is 2.24. The maximum atomic E-state index is 9.29. The molecule has 3 rings (SSSR count). The first kappa shape index (κ1) is 12.9. The molecule has 1 aliphatic heterocycles. The number of rotatable bonds is 2. The van der Waals surface area contributed by atoms with Crippen LogP contribution in [0.5, 0.6) is 5.75 Å². The second-order valence-corrected chi connectivity index (χ2v) is 5.26. The Bertz CT molecular complexity index is 662. The molecule has 102 valence electrons. The summed E-state index contributed by atoms with van der Waals surface area (Å²) in [6, 6.07) is 9.96. The van der Waals surface area contributed by atoms with Crippen LogP contribution in [-0.2, 0) is 0 Å². The molecule has 1 aromatic heterocycles. The first-order valence-corrected chi connectivity index (χ1v) is 6.95. The molecule has 0 spiro atoms. The molecular formula is C16H17N3O. The molecule has 2 aromatic rings. The van der Waals surface area contributed by atoms with Crippen LogP contribution in [-0.4, -0.2) is 24.2 Å². The Labute approximate surface area is 118 Å². The number of nitrogens with one attached hydrogen (secondary N) is 1. The Balaban J connectivity index is 2.02. The van der Waals surface area contributed by atoms with Gasteiger partial charge in [-0.2, -0.15) is 5.26 Å².